The maximum atomic E-state index is 11.4. The monoisotopic (exact) mass is 844 g/mol. The van der Waals surface area contributed by atoms with Crippen LogP contribution in [0, 0.1) is 23.7 Å². The molecule has 0 aromatic heterocycles. The first-order chi connectivity index (χ1) is 22.6. The maximum absolute atomic E-state index is 11.4. The van der Waals surface area contributed by atoms with Crippen LogP contribution in [0.4, 0.5) is 0 Å². The first-order valence-electron chi connectivity index (χ1n) is 19.0. The summed E-state index contributed by atoms with van der Waals surface area (Å²) in [5.41, 5.74) is 0. The molecule has 0 rings (SSSR count). The summed E-state index contributed by atoms with van der Waals surface area (Å²) in [6.45, 7) is 17.7. The van der Waals surface area contributed by atoms with Crippen LogP contribution in [0.2, 0.25) is 9.88 Å². The molecule has 0 heterocycles. The predicted molar refractivity (Wildman–Crippen MR) is 218 cm³/mol. The van der Waals surface area contributed by atoms with Gasteiger partial charge >= 0.3 is 31.0 Å². The van der Waals surface area contributed by atoms with E-state index in [0.717, 1.165) is 48.7 Å². The molecule has 0 aliphatic rings. The molecular formula is C38H76O4S4Sn. The molecule has 0 N–H and O–H groups in total. The summed E-state index contributed by atoms with van der Waals surface area (Å²) in [6.07, 6.45) is 19.3. The van der Waals surface area contributed by atoms with Crippen LogP contribution >= 0.6 is 47.0 Å². The summed E-state index contributed by atoms with van der Waals surface area (Å²) >= 11 is 6.59. The van der Waals surface area contributed by atoms with Gasteiger partial charge in [-0.2, -0.15) is 0 Å². The topological polar surface area (TPSA) is 80.3 Å². The minimum absolute atomic E-state index is 0.230. The number of thioether (sulfide) groups is 4. The van der Waals surface area contributed by atoms with Gasteiger partial charge in [-0.15, -0.1) is 47.0 Å². The van der Waals surface area contributed by atoms with Crippen molar-refractivity contribution in [2.45, 2.75) is 177 Å². The van der Waals surface area contributed by atoms with Gasteiger partial charge in [0.2, 0.25) is 0 Å². The van der Waals surface area contributed by atoms with Crippen LogP contribution in [0.3, 0.4) is 0 Å². The number of carboxylic acid groups (broad SMARTS) is 2. The molecule has 4 nitrogen and oxygen atoms in total. The van der Waals surface area contributed by atoms with Crippen LogP contribution in [0.25, 0.3) is 0 Å². The van der Waals surface area contributed by atoms with Crippen molar-refractivity contribution in [3.63, 3.8) is 0 Å². The molecule has 0 amide bonds. The van der Waals surface area contributed by atoms with E-state index in [1.165, 1.54) is 77.0 Å². The van der Waals surface area contributed by atoms with Crippen molar-refractivity contribution < 1.29 is 19.8 Å². The standard InChI is InChI=1S/2C18H36O2S2.2CH3.Sn/c2*1-5-9-11-15(7-3)13-21-18(17(19)20)22-14-16(8-4)12-10-6-2;;;/h2*15-16,18H,5-14H2,1-4H3,(H,19,20);2*1H3;/q;;;;+2/p-2. The van der Waals surface area contributed by atoms with Crippen LogP contribution in [-0.4, -0.2) is 65.3 Å². The molecule has 0 aromatic carbocycles. The summed E-state index contributed by atoms with van der Waals surface area (Å²) in [7, 11) is 0. The van der Waals surface area contributed by atoms with Crippen LogP contribution in [-0.2, 0) is 9.59 Å². The Bertz CT molecular complexity index is 580. The first kappa shape index (κ1) is 52.5. The van der Waals surface area contributed by atoms with E-state index >= 15 is 0 Å². The van der Waals surface area contributed by atoms with Crippen molar-refractivity contribution in [3.05, 3.63) is 0 Å². The fraction of sp³-hybridized carbons (Fsp3) is 0.947. The van der Waals surface area contributed by atoms with Gasteiger partial charge in [-0.05, 0) is 72.4 Å². The molecule has 0 fully saturated rings. The van der Waals surface area contributed by atoms with Gasteiger partial charge in [0.15, 0.2) is 0 Å². The van der Waals surface area contributed by atoms with Gasteiger partial charge in [0.05, 0.1) is 21.1 Å². The zero-order valence-electron chi connectivity index (χ0n) is 32.4. The summed E-state index contributed by atoms with van der Waals surface area (Å²) in [4.78, 5) is 27.3. The Morgan fingerprint density at radius 2 is 0.660 bits per heavy atom. The van der Waals surface area contributed by atoms with Gasteiger partial charge in [-0.3, -0.25) is 0 Å². The molecular weight excluding hydrogens is 767 g/mol. The van der Waals surface area contributed by atoms with E-state index in [-0.39, 0.29) is 21.1 Å². The molecule has 4 atom stereocenters. The van der Waals surface area contributed by atoms with Gasteiger partial charge in [-0.1, -0.05) is 132 Å². The number of carboxylic acids is 2. The number of rotatable bonds is 30. The average molecular weight is 844 g/mol. The second kappa shape index (κ2) is 39.9. The number of hydrogen-bond acceptors (Lipinski definition) is 8. The number of carbonyl (C=O) groups is 2. The van der Waals surface area contributed by atoms with Crippen LogP contribution < -0.4 is 10.2 Å². The number of hydrogen-bond donors (Lipinski definition) is 0. The van der Waals surface area contributed by atoms with E-state index in [1.807, 2.05) is 0 Å². The van der Waals surface area contributed by atoms with Crippen molar-refractivity contribution in [1.29, 1.82) is 0 Å². The van der Waals surface area contributed by atoms with Gasteiger partial charge in [0.25, 0.3) is 0 Å². The molecule has 0 bridgehead atoms. The van der Waals surface area contributed by atoms with Crippen LogP contribution in [0.5, 0.6) is 0 Å². The molecule has 9 heteroatoms. The van der Waals surface area contributed by atoms with E-state index in [0.29, 0.717) is 23.7 Å². The number of aliphatic carboxylic acids is 2. The molecule has 280 valence electrons. The Kier molecular flexibility index (Phi) is 44.6. The second-order valence-corrected chi connectivity index (χ2v) is 20.8. The van der Waals surface area contributed by atoms with E-state index in [9.17, 15) is 19.8 Å². The average Bonchev–Trinajstić information content (AvgIpc) is 3.06. The van der Waals surface area contributed by atoms with Crippen molar-refractivity contribution in [2.24, 2.45) is 23.7 Å². The third kappa shape index (κ3) is 34.0. The Labute approximate surface area is 321 Å². The van der Waals surface area contributed by atoms with Gasteiger partial charge < -0.3 is 19.8 Å². The molecule has 0 radical (unpaired) electrons. The van der Waals surface area contributed by atoms with Crippen LogP contribution in [0.15, 0.2) is 0 Å². The van der Waals surface area contributed by atoms with E-state index < -0.39 is 21.1 Å². The predicted octanol–water partition coefficient (Wildman–Crippen LogP) is 10.7. The number of unbranched alkanes of at least 4 members (excludes halogenated alkanes) is 4. The van der Waals surface area contributed by atoms with Gasteiger partial charge in [0.1, 0.15) is 0 Å². The quantitative estimate of drug-likeness (QED) is 0.0523. The molecule has 0 aliphatic heterocycles. The van der Waals surface area contributed by atoms with Gasteiger partial charge in [-0.25, -0.2) is 0 Å². The minimum atomic E-state index is -0.898. The molecule has 4 unspecified atom stereocenters. The Morgan fingerprint density at radius 1 is 0.468 bits per heavy atom. The van der Waals surface area contributed by atoms with Crippen molar-refractivity contribution in [3.8, 4) is 0 Å². The molecule has 47 heavy (non-hydrogen) atoms. The summed E-state index contributed by atoms with van der Waals surface area (Å²) < 4.78 is -0.794. The molecule has 0 saturated heterocycles. The van der Waals surface area contributed by atoms with Crippen molar-refractivity contribution >= 4 is 80.1 Å². The third-order valence-corrected chi connectivity index (χ3v) is 14.8. The normalized spacial score (nSPS) is 14.7. The summed E-state index contributed by atoms with van der Waals surface area (Å²) in [6, 6.07) is 0. The SMILES string of the molecule is CCCCC(CC)CSC(SCC(CC)CCCC)C(=O)[O-].CCCCC(CC)CSC(SCC(CC)CCCC)C(=O)[O-].[CH3][Sn+2][CH3]. The van der Waals surface area contributed by atoms with Crippen molar-refractivity contribution in [1.82, 2.24) is 0 Å². The summed E-state index contributed by atoms with van der Waals surface area (Å²) in [5, 5.41) is 22.8. The van der Waals surface area contributed by atoms with E-state index in [1.54, 1.807) is 47.0 Å². The Morgan fingerprint density at radius 3 is 0.787 bits per heavy atom. The Hall–Kier alpha value is 1.14. The third-order valence-electron chi connectivity index (χ3n) is 8.49. The second-order valence-electron chi connectivity index (χ2n) is 12.8. The number of carbonyl (C=O) groups excluding carboxylic acids is 2. The first-order valence-corrected chi connectivity index (χ1v) is 29.0. The molecule has 0 aromatic rings. The molecule has 0 spiro atoms. The fourth-order valence-corrected chi connectivity index (χ4v) is 10.5. The summed E-state index contributed by atoms with van der Waals surface area (Å²) in [5.74, 6) is 4.60. The molecule has 0 aliphatic carbocycles. The van der Waals surface area contributed by atoms with E-state index in [4.69, 9.17) is 0 Å². The van der Waals surface area contributed by atoms with Crippen LogP contribution in [0.1, 0.15) is 158 Å². The zero-order chi connectivity index (χ0) is 36.3. The zero-order valence-corrected chi connectivity index (χ0v) is 38.5. The van der Waals surface area contributed by atoms with Crippen molar-refractivity contribution in [2.75, 3.05) is 23.0 Å². The van der Waals surface area contributed by atoms with Gasteiger partial charge in [0, 0.05) is 0 Å². The fourth-order valence-electron chi connectivity index (χ4n) is 4.85. The Balaban J connectivity index is -0.000000759. The van der Waals surface area contributed by atoms with E-state index in [2.05, 4.69) is 65.3 Å². The molecule has 0 saturated carbocycles.